The third-order valence-corrected chi connectivity index (χ3v) is 2.36. The molecule has 0 unspecified atom stereocenters. The van der Waals surface area contributed by atoms with E-state index in [2.05, 4.69) is 10.4 Å². The van der Waals surface area contributed by atoms with Gasteiger partial charge in [0.25, 0.3) is 0 Å². The summed E-state index contributed by atoms with van der Waals surface area (Å²) in [6, 6.07) is 0. The Bertz CT molecular complexity index is 462. The molecule has 0 bridgehead atoms. The van der Waals surface area contributed by atoms with Gasteiger partial charge in [-0.3, -0.25) is 4.68 Å². The van der Waals surface area contributed by atoms with Crippen molar-refractivity contribution < 1.29 is 19.4 Å². The molecular weight excluding hydrogens is 262 g/mol. The molecule has 7 heteroatoms. The van der Waals surface area contributed by atoms with Gasteiger partial charge in [0.15, 0.2) is 0 Å². The Morgan fingerprint density at radius 3 is 2.65 bits per heavy atom. The number of hydrogen-bond acceptors (Lipinski definition) is 4. The van der Waals surface area contributed by atoms with E-state index in [0.717, 1.165) is 12.8 Å². The van der Waals surface area contributed by atoms with E-state index in [1.807, 2.05) is 20.8 Å². The van der Waals surface area contributed by atoms with Crippen LogP contribution in [0.25, 0.3) is 0 Å². The van der Waals surface area contributed by atoms with Crippen molar-refractivity contribution in [1.29, 1.82) is 0 Å². The zero-order valence-electron chi connectivity index (χ0n) is 12.0. The first-order chi connectivity index (χ1) is 9.28. The SMILES string of the molecule is CC(C)(C)OC(=O)NCCCCn1cc(C(=O)O)cn1. The van der Waals surface area contributed by atoms with Gasteiger partial charge >= 0.3 is 12.1 Å². The number of carbonyl (C=O) groups excluding carboxylic acids is 1. The van der Waals surface area contributed by atoms with Crippen LogP contribution in [0.4, 0.5) is 4.79 Å². The molecule has 0 aliphatic heterocycles. The van der Waals surface area contributed by atoms with Gasteiger partial charge in [0.1, 0.15) is 5.60 Å². The highest BCUT2D eigenvalue weighted by Crippen LogP contribution is 2.06. The molecule has 0 radical (unpaired) electrons. The summed E-state index contributed by atoms with van der Waals surface area (Å²) in [4.78, 5) is 22.0. The second kappa shape index (κ2) is 6.93. The molecule has 0 aliphatic rings. The molecule has 0 spiro atoms. The van der Waals surface area contributed by atoms with E-state index in [0.29, 0.717) is 13.1 Å². The first-order valence-corrected chi connectivity index (χ1v) is 6.50. The van der Waals surface area contributed by atoms with Crippen LogP contribution in [0.2, 0.25) is 0 Å². The van der Waals surface area contributed by atoms with E-state index in [1.54, 1.807) is 4.68 Å². The van der Waals surface area contributed by atoms with Crippen LogP contribution in [0.15, 0.2) is 12.4 Å². The first-order valence-electron chi connectivity index (χ1n) is 6.50. The molecule has 0 aliphatic carbocycles. The van der Waals surface area contributed by atoms with Crippen LogP contribution in [0.5, 0.6) is 0 Å². The van der Waals surface area contributed by atoms with Gasteiger partial charge in [-0.05, 0) is 33.6 Å². The smallest absolute Gasteiger partial charge is 0.407 e. The molecule has 0 saturated heterocycles. The molecule has 1 rings (SSSR count). The van der Waals surface area contributed by atoms with Gasteiger partial charge in [-0.2, -0.15) is 5.10 Å². The number of rotatable bonds is 6. The van der Waals surface area contributed by atoms with Crippen LogP contribution in [-0.4, -0.2) is 39.1 Å². The van der Waals surface area contributed by atoms with E-state index >= 15 is 0 Å². The molecule has 0 fully saturated rings. The maximum atomic E-state index is 11.4. The van der Waals surface area contributed by atoms with E-state index in [9.17, 15) is 9.59 Å². The lowest BCUT2D eigenvalue weighted by atomic mass is 10.2. The molecule has 7 nitrogen and oxygen atoms in total. The van der Waals surface area contributed by atoms with Crippen molar-refractivity contribution in [3.63, 3.8) is 0 Å². The molecule has 0 aromatic carbocycles. The third kappa shape index (κ3) is 6.21. The Kier molecular flexibility index (Phi) is 5.54. The average molecular weight is 283 g/mol. The van der Waals surface area contributed by atoms with Crippen LogP contribution < -0.4 is 5.32 Å². The van der Waals surface area contributed by atoms with Crippen molar-refractivity contribution in [2.45, 2.75) is 45.8 Å². The summed E-state index contributed by atoms with van der Waals surface area (Å²) in [6.07, 6.45) is 3.94. The number of carboxylic acid groups (broad SMARTS) is 1. The number of carboxylic acids is 1. The summed E-state index contributed by atoms with van der Waals surface area (Å²) < 4.78 is 6.68. The highest BCUT2D eigenvalue weighted by atomic mass is 16.6. The zero-order chi connectivity index (χ0) is 15.2. The number of hydrogen-bond donors (Lipinski definition) is 2. The third-order valence-electron chi connectivity index (χ3n) is 2.36. The molecule has 112 valence electrons. The molecule has 2 N–H and O–H groups in total. The zero-order valence-corrected chi connectivity index (χ0v) is 12.0. The number of carbonyl (C=O) groups is 2. The van der Waals surface area contributed by atoms with Crippen molar-refractivity contribution in [3.8, 4) is 0 Å². The van der Waals surface area contributed by atoms with Crippen molar-refractivity contribution in [2.75, 3.05) is 6.54 Å². The van der Waals surface area contributed by atoms with E-state index in [4.69, 9.17) is 9.84 Å². The fraction of sp³-hybridized carbons (Fsp3) is 0.615. The van der Waals surface area contributed by atoms with Crippen LogP contribution in [0.1, 0.15) is 44.0 Å². The molecule has 1 amide bonds. The number of alkyl carbamates (subject to hydrolysis) is 1. The van der Waals surface area contributed by atoms with Crippen molar-refractivity contribution >= 4 is 12.1 Å². The fourth-order valence-electron chi connectivity index (χ4n) is 1.50. The van der Waals surface area contributed by atoms with Gasteiger partial charge in [0.05, 0.1) is 11.8 Å². The standard InChI is InChI=1S/C13H21N3O4/c1-13(2,3)20-12(19)14-6-4-5-7-16-9-10(8-15-16)11(17)18/h8-9H,4-7H2,1-3H3,(H,14,19)(H,17,18). The number of aromatic carboxylic acids is 1. The lowest BCUT2D eigenvalue weighted by Gasteiger charge is -2.19. The minimum atomic E-state index is -0.983. The van der Waals surface area contributed by atoms with Crippen molar-refractivity contribution in [3.05, 3.63) is 18.0 Å². The van der Waals surface area contributed by atoms with Gasteiger partial charge in [0, 0.05) is 19.3 Å². The quantitative estimate of drug-likeness (QED) is 0.777. The second-order valence-electron chi connectivity index (χ2n) is 5.43. The topological polar surface area (TPSA) is 93.5 Å². The number of amides is 1. The summed E-state index contributed by atoms with van der Waals surface area (Å²) in [5, 5.41) is 15.4. The van der Waals surface area contributed by atoms with Gasteiger partial charge in [-0.25, -0.2) is 9.59 Å². The summed E-state index contributed by atoms with van der Waals surface area (Å²) in [6.45, 7) is 6.56. The summed E-state index contributed by atoms with van der Waals surface area (Å²) >= 11 is 0. The Morgan fingerprint density at radius 1 is 1.40 bits per heavy atom. The van der Waals surface area contributed by atoms with E-state index in [1.165, 1.54) is 12.4 Å². The van der Waals surface area contributed by atoms with Crippen LogP contribution >= 0.6 is 0 Å². The van der Waals surface area contributed by atoms with Gasteiger partial charge in [0.2, 0.25) is 0 Å². The van der Waals surface area contributed by atoms with Gasteiger partial charge in [-0.15, -0.1) is 0 Å². The fourth-order valence-corrected chi connectivity index (χ4v) is 1.50. The predicted molar refractivity (Wildman–Crippen MR) is 72.7 cm³/mol. The number of aryl methyl sites for hydroxylation is 1. The average Bonchev–Trinajstić information content (AvgIpc) is 2.75. The maximum absolute atomic E-state index is 11.4. The van der Waals surface area contributed by atoms with Crippen LogP contribution in [0.3, 0.4) is 0 Å². The first kappa shape index (κ1) is 16.0. The lowest BCUT2D eigenvalue weighted by molar-refractivity contribution is 0.0526. The second-order valence-corrected chi connectivity index (χ2v) is 5.43. The highest BCUT2D eigenvalue weighted by Gasteiger charge is 2.15. The Balaban J connectivity index is 2.16. The molecular formula is C13H21N3O4. The lowest BCUT2D eigenvalue weighted by Crippen LogP contribution is -2.33. The largest absolute Gasteiger partial charge is 0.478 e. The molecule has 1 heterocycles. The molecule has 0 saturated carbocycles. The predicted octanol–water partition coefficient (Wildman–Crippen LogP) is 1.89. The summed E-state index contributed by atoms with van der Waals surface area (Å²) in [7, 11) is 0. The number of aromatic nitrogens is 2. The van der Waals surface area contributed by atoms with Gasteiger partial charge in [-0.1, -0.05) is 0 Å². The van der Waals surface area contributed by atoms with Crippen molar-refractivity contribution in [2.24, 2.45) is 0 Å². The molecule has 0 atom stereocenters. The molecule has 20 heavy (non-hydrogen) atoms. The number of ether oxygens (including phenoxy) is 1. The van der Waals surface area contributed by atoms with Crippen LogP contribution in [0, 0.1) is 0 Å². The molecule has 1 aromatic rings. The van der Waals surface area contributed by atoms with E-state index < -0.39 is 17.7 Å². The maximum Gasteiger partial charge on any atom is 0.407 e. The van der Waals surface area contributed by atoms with Crippen molar-refractivity contribution in [1.82, 2.24) is 15.1 Å². The summed E-state index contributed by atoms with van der Waals surface area (Å²) in [5.41, 5.74) is -0.316. The number of unbranched alkanes of at least 4 members (excludes halogenated alkanes) is 1. The monoisotopic (exact) mass is 283 g/mol. The van der Waals surface area contributed by atoms with E-state index in [-0.39, 0.29) is 5.56 Å². The number of nitrogens with zero attached hydrogens (tertiary/aromatic N) is 2. The minimum absolute atomic E-state index is 0.178. The highest BCUT2D eigenvalue weighted by molar-refractivity contribution is 5.86. The Morgan fingerprint density at radius 2 is 2.10 bits per heavy atom. The molecule has 1 aromatic heterocycles. The minimum Gasteiger partial charge on any atom is -0.478 e. The Hall–Kier alpha value is -2.05. The number of nitrogens with one attached hydrogen (secondary N) is 1. The Labute approximate surface area is 117 Å². The van der Waals surface area contributed by atoms with Crippen LogP contribution in [-0.2, 0) is 11.3 Å². The summed E-state index contributed by atoms with van der Waals surface area (Å²) in [5.74, 6) is -0.983. The normalized spacial score (nSPS) is 11.2. The van der Waals surface area contributed by atoms with Gasteiger partial charge < -0.3 is 15.2 Å².